The van der Waals surface area contributed by atoms with Crippen LogP contribution in [-0.4, -0.2) is 35.2 Å². The molecule has 9 heteroatoms. The fourth-order valence-corrected chi connectivity index (χ4v) is 3.88. The lowest BCUT2D eigenvalue weighted by atomic mass is 10.0. The van der Waals surface area contributed by atoms with Crippen molar-refractivity contribution >= 4 is 39.9 Å². The van der Waals surface area contributed by atoms with Gasteiger partial charge in [-0.15, -0.1) is 0 Å². The molecule has 186 valence electrons. The largest absolute Gasteiger partial charge is 0.345 e. The van der Waals surface area contributed by atoms with E-state index in [-0.39, 0.29) is 18.7 Å². The summed E-state index contributed by atoms with van der Waals surface area (Å²) in [7, 11) is 0. The number of rotatable bonds is 9. The van der Waals surface area contributed by atoms with E-state index in [1.165, 1.54) is 24.3 Å². The number of hydrogen-bond donors (Lipinski definition) is 3. The second-order valence-electron chi connectivity index (χ2n) is 8.31. The third kappa shape index (κ3) is 6.55. The number of nitrogens with one attached hydrogen (secondary N) is 3. The van der Waals surface area contributed by atoms with E-state index in [4.69, 9.17) is 0 Å². The van der Waals surface area contributed by atoms with Gasteiger partial charge in [-0.2, -0.15) is 0 Å². The molecule has 1 unspecified atom stereocenters. The summed E-state index contributed by atoms with van der Waals surface area (Å²) in [4.78, 5) is 49.1. The summed E-state index contributed by atoms with van der Waals surface area (Å²) >= 11 is 0. The Bertz CT molecular complexity index is 1430. The maximum Gasteiger partial charge on any atom is 0.269 e. The van der Waals surface area contributed by atoms with Crippen LogP contribution in [0.5, 0.6) is 0 Å². The Labute approximate surface area is 212 Å². The molecule has 4 rings (SSSR count). The van der Waals surface area contributed by atoms with Gasteiger partial charge in [0, 0.05) is 29.8 Å². The monoisotopic (exact) mass is 496 g/mol. The zero-order valence-corrected chi connectivity index (χ0v) is 19.7. The van der Waals surface area contributed by atoms with Crippen molar-refractivity contribution in [2.75, 3.05) is 11.9 Å². The Kier molecular flexibility index (Phi) is 7.85. The van der Waals surface area contributed by atoms with Crippen LogP contribution in [-0.2, 0) is 16.0 Å². The number of nitrogens with zero attached hydrogens (tertiary/aromatic N) is 1. The number of anilines is 1. The summed E-state index contributed by atoms with van der Waals surface area (Å²) in [5.41, 5.74) is 1.52. The van der Waals surface area contributed by atoms with Crippen LogP contribution in [0.1, 0.15) is 15.9 Å². The van der Waals surface area contributed by atoms with Gasteiger partial charge in [-0.3, -0.25) is 24.5 Å². The number of para-hydroxylation sites is 1. The minimum atomic E-state index is -1.03. The molecular weight excluding hydrogens is 472 g/mol. The van der Waals surface area contributed by atoms with Gasteiger partial charge in [-0.05, 0) is 34.5 Å². The van der Waals surface area contributed by atoms with Crippen molar-refractivity contribution in [2.24, 2.45) is 0 Å². The number of hydrogen-bond acceptors (Lipinski definition) is 5. The molecule has 1 atom stereocenters. The van der Waals surface area contributed by atoms with Gasteiger partial charge in [-0.1, -0.05) is 66.7 Å². The van der Waals surface area contributed by atoms with Crippen molar-refractivity contribution < 1.29 is 19.3 Å². The molecule has 3 amide bonds. The molecule has 9 nitrogen and oxygen atoms in total. The van der Waals surface area contributed by atoms with Crippen LogP contribution in [0.4, 0.5) is 11.4 Å². The Hall–Kier alpha value is -5.05. The summed E-state index contributed by atoms with van der Waals surface area (Å²) in [6.07, 6.45) is 0.0701. The lowest BCUT2D eigenvalue weighted by molar-refractivity contribution is -0.384. The van der Waals surface area contributed by atoms with Gasteiger partial charge in [0.15, 0.2) is 0 Å². The highest BCUT2D eigenvalue weighted by Gasteiger charge is 2.23. The average Bonchev–Trinajstić information content (AvgIpc) is 2.91. The number of carbonyl (C=O) groups is 3. The lowest BCUT2D eigenvalue weighted by Gasteiger charge is -2.19. The molecule has 0 aliphatic carbocycles. The van der Waals surface area contributed by atoms with Gasteiger partial charge >= 0.3 is 0 Å². The smallest absolute Gasteiger partial charge is 0.269 e. The zero-order chi connectivity index (χ0) is 26.2. The van der Waals surface area contributed by atoms with E-state index in [9.17, 15) is 24.5 Å². The van der Waals surface area contributed by atoms with Gasteiger partial charge in [-0.25, -0.2) is 0 Å². The summed E-state index contributed by atoms with van der Waals surface area (Å²) in [6, 6.07) is 26.3. The summed E-state index contributed by atoms with van der Waals surface area (Å²) < 4.78 is 0. The number of benzene rings is 4. The van der Waals surface area contributed by atoms with Crippen molar-refractivity contribution in [3.05, 3.63) is 118 Å². The normalized spacial score (nSPS) is 11.4. The topological polar surface area (TPSA) is 130 Å². The van der Waals surface area contributed by atoms with Crippen LogP contribution in [0, 0.1) is 10.1 Å². The van der Waals surface area contributed by atoms with Crippen molar-refractivity contribution in [3.63, 3.8) is 0 Å². The van der Waals surface area contributed by atoms with Crippen molar-refractivity contribution in [1.29, 1.82) is 0 Å². The predicted octanol–water partition coefficient (Wildman–Crippen LogP) is 3.84. The van der Waals surface area contributed by atoms with Crippen molar-refractivity contribution in [2.45, 2.75) is 12.5 Å². The third-order valence-electron chi connectivity index (χ3n) is 5.72. The summed E-state index contributed by atoms with van der Waals surface area (Å²) in [5, 5.41) is 20.6. The molecule has 37 heavy (non-hydrogen) atoms. The van der Waals surface area contributed by atoms with E-state index in [0.717, 1.165) is 10.8 Å². The van der Waals surface area contributed by atoms with E-state index in [1.54, 1.807) is 36.4 Å². The molecule has 0 aliphatic heterocycles. The molecule has 0 saturated carbocycles. The Morgan fingerprint density at radius 2 is 1.49 bits per heavy atom. The lowest BCUT2D eigenvalue weighted by Crippen LogP contribution is -2.49. The van der Waals surface area contributed by atoms with Gasteiger partial charge in [0.1, 0.15) is 6.04 Å². The Balaban J connectivity index is 1.50. The molecular formula is C28H24N4O5. The van der Waals surface area contributed by atoms with Crippen molar-refractivity contribution in [3.8, 4) is 0 Å². The average molecular weight is 497 g/mol. The number of nitro groups is 1. The summed E-state index contributed by atoms with van der Waals surface area (Å²) in [6.45, 7) is -0.297. The minimum Gasteiger partial charge on any atom is -0.345 e. The van der Waals surface area contributed by atoms with Crippen molar-refractivity contribution in [1.82, 2.24) is 10.6 Å². The highest BCUT2D eigenvalue weighted by molar-refractivity contribution is 6.08. The molecule has 0 aromatic heterocycles. The fraction of sp³-hybridized carbons (Fsp3) is 0.107. The van der Waals surface area contributed by atoms with E-state index in [1.807, 2.05) is 36.4 Å². The maximum atomic E-state index is 13.2. The zero-order valence-electron chi connectivity index (χ0n) is 19.7. The van der Waals surface area contributed by atoms with Crippen LogP contribution in [0.15, 0.2) is 97.1 Å². The van der Waals surface area contributed by atoms with Crippen LogP contribution >= 0.6 is 0 Å². The first-order valence-electron chi connectivity index (χ1n) is 11.6. The number of nitro benzene ring substituents is 1. The van der Waals surface area contributed by atoms with Crippen LogP contribution in [0.3, 0.4) is 0 Å². The molecule has 4 aromatic rings. The van der Waals surface area contributed by atoms with Crippen LogP contribution < -0.4 is 16.0 Å². The fourth-order valence-electron chi connectivity index (χ4n) is 3.88. The van der Waals surface area contributed by atoms with E-state index in [0.29, 0.717) is 16.8 Å². The van der Waals surface area contributed by atoms with Crippen LogP contribution in [0.2, 0.25) is 0 Å². The standard InChI is InChI=1S/C28H24N4O5/c33-26(30-21-9-2-1-3-10-21)18-29-28(35)25(17-19-13-15-22(16-14-19)32(36)37)31-27(34)24-12-6-8-20-7-4-5-11-23(20)24/h1-16,25H,17-18H2,(H,29,35)(H,30,33)(H,31,34). The van der Waals surface area contributed by atoms with E-state index in [2.05, 4.69) is 16.0 Å². The van der Waals surface area contributed by atoms with Gasteiger partial charge in [0.2, 0.25) is 11.8 Å². The SMILES string of the molecule is O=C(CNC(=O)C(Cc1ccc([N+](=O)[O-])cc1)NC(=O)c1cccc2ccccc12)Nc1ccccc1. The molecule has 0 fully saturated rings. The highest BCUT2D eigenvalue weighted by atomic mass is 16.6. The van der Waals surface area contributed by atoms with Gasteiger partial charge < -0.3 is 16.0 Å². The Morgan fingerprint density at radius 3 is 2.22 bits per heavy atom. The molecule has 0 saturated heterocycles. The first-order chi connectivity index (χ1) is 17.9. The molecule has 0 bridgehead atoms. The first kappa shape index (κ1) is 25.1. The van der Waals surface area contributed by atoms with Gasteiger partial charge in [0.25, 0.3) is 11.6 Å². The number of amides is 3. The molecule has 3 N–H and O–H groups in total. The number of fused-ring (bicyclic) bond motifs is 1. The van der Waals surface area contributed by atoms with Crippen LogP contribution in [0.25, 0.3) is 10.8 Å². The van der Waals surface area contributed by atoms with E-state index < -0.39 is 28.7 Å². The third-order valence-corrected chi connectivity index (χ3v) is 5.72. The minimum absolute atomic E-state index is 0.0701. The molecule has 4 aromatic carbocycles. The second-order valence-corrected chi connectivity index (χ2v) is 8.31. The summed E-state index contributed by atoms with van der Waals surface area (Å²) in [5.74, 6) is -1.43. The van der Waals surface area contributed by atoms with Gasteiger partial charge in [0.05, 0.1) is 11.5 Å². The Morgan fingerprint density at radius 1 is 0.811 bits per heavy atom. The first-order valence-corrected chi connectivity index (χ1v) is 11.6. The highest BCUT2D eigenvalue weighted by Crippen LogP contribution is 2.19. The second kappa shape index (κ2) is 11.6. The molecule has 0 radical (unpaired) electrons. The molecule has 0 heterocycles. The van der Waals surface area contributed by atoms with E-state index >= 15 is 0 Å². The molecule has 0 aliphatic rings. The predicted molar refractivity (Wildman–Crippen MR) is 140 cm³/mol. The molecule has 0 spiro atoms. The maximum absolute atomic E-state index is 13.2. The quantitative estimate of drug-likeness (QED) is 0.239. The number of carbonyl (C=O) groups excluding carboxylic acids is 3. The number of non-ortho nitro benzene ring substituents is 1.